The molecule has 70 valence electrons. The van der Waals surface area contributed by atoms with Crippen molar-refractivity contribution >= 4 is 30.3 Å². The topological polar surface area (TPSA) is 25.8 Å². The van der Waals surface area contributed by atoms with Gasteiger partial charge in [-0.05, 0) is 30.7 Å². The lowest BCUT2D eigenvalue weighted by molar-refractivity contribution is 1.09. The van der Waals surface area contributed by atoms with Crippen LogP contribution in [-0.2, 0) is 0 Å². The average molecular weight is 215 g/mol. The van der Waals surface area contributed by atoms with Gasteiger partial charge in [0, 0.05) is 17.5 Å². The summed E-state index contributed by atoms with van der Waals surface area (Å²) in [6.45, 7) is 1.91. The summed E-state index contributed by atoms with van der Waals surface area (Å²) in [7, 11) is 0. The molecule has 0 aliphatic rings. The van der Waals surface area contributed by atoms with E-state index in [0.717, 1.165) is 23.4 Å². The van der Waals surface area contributed by atoms with E-state index in [-0.39, 0.29) is 0 Å². The third kappa shape index (κ3) is 3.36. The number of halogens is 1. The van der Waals surface area contributed by atoms with Crippen LogP contribution in [-0.4, -0.2) is 15.7 Å². The van der Waals surface area contributed by atoms with Gasteiger partial charge in [-0.3, -0.25) is 0 Å². The van der Waals surface area contributed by atoms with E-state index < -0.39 is 0 Å². The first-order chi connectivity index (χ1) is 6.24. The Morgan fingerprint density at radius 1 is 1.62 bits per heavy atom. The van der Waals surface area contributed by atoms with E-state index in [1.54, 1.807) is 6.20 Å². The molecule has 0 aliphatic carbocycles. The van der Waals surface area contributed by atoms with Crippen LogP contribution in [0.5, 0.6) is 0 Å². The Bertz CT molecular complexity index is 312. The monoisotopic (exact) mass is 214 g/mol. The Labute approximate surface area is 88.5 Å². The number of aromatic nitrogens is 2. The standard InChI is InChI=1S/C9H11ClN2S/c1-7-8(4-2-3-5-13)6-11-9(10)12-7/h2,4,6,13H,3,5H2,1H3. The second kappa shape index (κ2) is 5.25. The molecule has 0 aliphatic heterocycles. The Kier molecular flexibility index (Phi) is 4.25. The minimum absolute atomic E-state index is 0.295. The van der Waals surface area contributed by atoms with Crippen LogP contribution in [0.1, 0.15) is 17.7 Å². The molecule has 1 rings (SSSR count). The second-order valence-corrected chi connectivity index (χ2v) is 3.38. The van der Waals surface area contributed by atoms with Crippen LogP contribution in [0.15, 0.2) is 12.3 Å². The van der Waals surface area contributed by atoms with Crippen molar-refractivity contribution in [2.24, 2.45) is 0 Å². The number of aryl methyl sites for hydroxylation is 1. The molecule has 0 amide bonds. The maximum absolute atomic E-state index is 5.62. The molecular formula is C9H11ClN2S. The third-order valence-corrected chi connectivity index (χ3v) is 2.02. The van der Waals surface area contributed by atoms with Gasteiger partial charge in [0.05, 0.1) is 0 Å². The predicted molar refractivity (Wildman–Crippen MR) is 59.3 cm³/mol. The maximum Gasteiger partial charge on any atom is 0.222 e. The molecule has 4 heteroatoms. The third-order valence-electron chi connectivity index (χ3n) is 1.58. The summed E-state index contributed by atoms with van der Waals surface area (Å²) in [4.78, 5) is 7.94. The number of rotatable bonds is 3. The smallest absolute Gasteiger partial charge is 0.222 e. The molecule has 1 aromatic heterocycles. The number of nitrogens with zero attached hydrogens (tertiary/aromatic N) is 2. The van der Waals surface area contributed by atoms with Crippen molar-refractivity contribution in [1.82, 2.24) is 9.97 Å². The van der Waals surface area contributed by atoms with Crippen LogP contribution in [0, 0.1) is 6.92 Å². The highest BCUT2D eigenvalue weighted by Gasteiger charge is 1.96. The van der Waals surface area contributed by atoms with Gasteiger partial charge >= 0.3 is 0 Å². The Hall–Kier alpha value is -0.540. The van der Waals surface area contributed by atoms with Crippen molar-refractivity contribution in [2.75, 3.05) is 5.75 Å². The summed E-state index contributed by atoms with van der Waals surface area (Å²) >= 11 is 9.73. The van der Waals surface area contributed by atoms with Crippen molar-refractivity contribution in [1.29, 1.82) is 0 Å². The highest BCUT2D eigenvalue weighted by Crippen LogP contribution is 2.09. The van der Waals surface area contributed by atoms with Crippen molar-refractivity contribution in [3.05, 3.63) is 28.8 Å². The molecule has 0 N–H and O–H groups in total. The lowest BCUT2D eigenvalue weighted by Crippen LogP contribution is -1.89. The molecule has 2 nitrogen and oxygen atoms in total. The lowest BCUT2D eigenvalue weighted by atomic mass is 10.2. The molecule has 0 radical (unpaired) electrons. The summed E-state index contributed by atoms with van der Waals surface area (Å²) in [5.74, 6) is 0.851. The summed E-state index contributed by atoms with van der Waals surface area (Å²) in [5.41, 5.74) is 1.90. The van der Waals surface area contributed by atoms with Crippen molar-refractivity contribution in [3.8, 4) is 0 Å². The molecule has 0 aromatic carbocycles. The van der Waals surface area contributed by atoms with Crippen LogP contribution in [0.3, 0.4) is 0 Å². The molecule has 0 atom stereocenters. The minimum Gasteiger partial charge on any atom is -0.226 e. The fourth-order valence-electron chi connectivity index (χ4n) is 0.896. The molecule has 0 bridgehead atoms. The van der Waals surface area contributed by atoms with Gasteiger partial charge < -0.3 is 0 Å². The van der Waals surface area contributed by atoms with Crippen LogP contribution >= 0.6 is 24.2 Å². The van der Waals surface area contributed by atoms with Crippen molar-refractivity contribution in [2.45, 2.75) is 13.3 Å². The summed E-state index contributed by atoms with van der Waals surface area (Å²) in [5, 5.41) is 0.295. The van der Waals surface area contributed by atoms with E-state index in [9.17, 15) is 0 Å². The van der Waals surface area contributed by atoms with Gasteiger partial charge in [-0.1, -0.05) is 12.2 Å². The molecule has 0 saturated carbocycles. The van der Waals surface area contributed by atoms with E-state index in [1.807, 2.05) is 19.1 Å². The van der Waals surface area contributed by atoms with Crippen LogP contribution in [0.2, 0.25) is 5.28 Å². The zero-order valence-corrected chi connectivity index (χ0v) is 9.02. The molecule has 0 saturated heterocycles. The molecular weight excluding hydrogens is 204 g/mol. The van der Waals surface area contributed by atoms with Crippen molar-refractivity contribution < 1.29 is 0 Å². The number of hydrogen-bond acceptors (Lipinski definition) is 3. The van der Waals surface area contributed by atoms with Gasteiger partial charge in [0.25, 0.3) is 0 Å². The molecule has 0 fully saturated rings. The maximum atomic E-state index is 5.62. The zero-order chi connectivity index (χ0) is 9.68. The van der Waals surface area contributed by atoms with E-state index in [2.05, 4.69) is 22.6 Å². The highest BCUT2D eigenvalue weighted by molar-refractivity contribution is 7.80. The van der Waals surface area contributed by atoms with Crippen LogP contribution in [0.4, 0.5) is 0 Å². The fourth-order valence-corrected chi connectivity index (χ4v) is 1.22. The molecule has 13 heavy (non-hydrogen) atoms. The second-order valence-electron chi connectivity index (χ2n) is 2.59. The largest absolute Gasteiger partial charge is 0.226 e. The van der Waals surface area contributed by atoms with Gasteiger partial charge in [0.2, 0.25) is 5.28 Å². The molecule has 0 unspecified atom stereocenters. The highest BCUT2D eigenvalue weighted by atomic mass is 35.5. The molecule has 1 aromatic rings. The van der Waals surface area contributed by atoms with E-state index in [1.165, 1.54) is 0 Å². The van der Waals surface area contributed by atoms with Gasteiger partial charge in [-0.25, -0.2) is 9.97 Å². The van der Waals surface area contributed by atoms with Gasteiger partial charge in [0.1, 0.15) is 0 Å². The number of allylic oxidation sites excluding steroid dienone is 1. The summed E-state index contributed by atoms with van der Waals surface area (Å²) in [6.07, 6.45) is 6.71. The normalized spacial score (nSPS) is 11.0. The van der Waals surface area contributed by atoms with Gasteiger partial charge in [-0.2, -0.15) is 12.6 Å². The van der Waals surface area contributed by atoms with Crippen molar-refractivity contribution in [3.63, 3.8) is 0 Å². The average Bonchev–Trinajstić information content (AvgIpc) is 2.09. The first kappa shape index (κ1) is 10.5. The summed E-state index contributed by atoms with van der Waals surface area (Å²) in [6, 6.07) is 0. The quantitative estimate of drug-likeness (QED) is 0.619. The Balaban J connectivity index is 2.77. The van der Waals surface area contributed by atoms with Crippen LogP contribution < -0.4 is 0 Å². The first-order valence-electron chi connectivity index (χ1n) is 4.00. The van der Waals surface area contributed by atoms with Gasteiger partial charge in [-0.15, -0.1) is 0 Å². The summed E-state index contributed by atoms with van der Waals surface area (Å²) < 4.78 is 0. The van der Waals surface area contributed by atoms with E-state index >= 15 is 0 Å². The lowest BCUT2D eigenvalue weighted by Gasteiger charge is -1.97. The number of thiol groups is 1. The Morgan fingerprint density at radius 2 is 2.38 bits per heavy atom. The fraction of sp³-hybridized carbons (Fsp3) is 0.333. The minimum atomic E-state index is 0.295. The zero-order valence-electron chi connectivity index (χ0n) is 7.37. The van der Waals surface area contributed by atoms with Gasteiger partial charge in [0.15, 0.2) is 0 Å². The number of hydrogen-bond donors (Lipinski definition) is 1. The Morgan fingerprint density at radius 3 is 3.00 bits per heavy atom. The van der Waals surface area contributed by atoms with Crippen LogP contribution in [0.25, 0.3) is 6.08 Å². The van der Waals surface area contributed by atoms with E-state index in [0.29, 0.717) is 5.28 Å². The SMILES string of the molecule is Cc1nc(Cl)ncc1C=CCCS. The molecule has 0 spiro atoms. The predicted octanol–water partition coefficient (Wildman–Crippen LogP) is 2.77. The van der Waals surface area contributed by atoms with E-state index in [4.69, 9.17) is 11.6 Å². The molecule has 1 heterocycles. The first-order valence-corrected chi connectivity index (χ1v) is 5.01.